The molecule has 1 saturated carbocycles. The van der Waals surface area contributed by atoms with E-state index in [1.807, 2.05) is 24.1 Å². The molecule has 6 nitrogen and oxygen atoms in total. The summed E-state index contributed by atoms with van der Waals surface area (Å²) in [5, 5.41) is 0. The van der Waals surface area contributed by atoms with Crippen molar-refractivity contribution in [3.05, 3.63) is 48.3 Å². The van der Waals surface area contributed by atoms with E-state index in [0.717, 1.165) is 30.5 Å². The van der Waals surface area contributed by atoms with Gasteiger partial charge in [0.2, 0.25) is 5.91 Å². The van der Waals surface area contributed by atoms with E-state index in [2.05, 4.69) is 22.0 Å². The predicted octanol–water partition coefficient (Wildman–Crippen LogP) is 4.37. The smallest absolute Gasteiger partial charge is 0.371 e. The number of halogens is 3. The number of amides is 1. The Morgan fingerprint density at radius 2 is 1.91 bits per heavy atom. The van der Waals surface area contributed by atoms with Gasteiger partial charge >= 0.3 is 6.18 Å². The summed E-state index contributed by atoms with van der Waals surface area (Å²) < 4.78 is 42.7. The quantitative estimate of drug-likeness (QED) is 0.678. The number of primary amides is 1. The zero-order valence-electron chi connectivity index (χ0n) is 18.1. The van der Waals surface area contributed by atoms with Gasteiger partial charge in [-0.25, -0.2) is 4.98 Å². The molecule has 1 aliphatic heterocycles. The van der Waals surface area contributed by atoms with E-state index in [4.69, 9.17) is 10.5 Å². The van der Waals surface area contributed by atoms with Crippen molar-refractivity contribution < 1.29 is 22.7 Å². The van der Waals surface area contributed by atoms with Gasteiger partial charge in [-0.3, -0.25) is 4.79 Å². The molecule has 2 N–H and O–H groups in total. The maximum absolute atomic E-state index is 12.6. The molecule has 1 aliphatic carbocycles. The third kappa shape index (κ3) is 7.12. The lowest BCUT2D eigenvalue weighted by molar-refractivity contribution is -0.141. The Balaban J connectivity index is 0.000000269. The molecule has 0 spiro atoms. The summed E-state index contributed by atoms with van der Waals surface area (Å²) in [4.78, 5) is 17.8. The molecule has 1 aromatic heterocycles. The first-order chi connectivity index (χ1) is 15.2. The van der Waals surface area contributed by atoms with Gasteiger partial charge in [-0.05, 0) is 61.9 Å². The number of carbonyl (C=O) groups excluding carboxylic acids is 1. The second kappa shape index (κ2) is 10.7. The first kappa shape index (κ1) is 23.8. The lowest BCUT2D eigenvalue weighted by Crippen LogP contribution is -2.18. The molecule has 0 radical (unpaired) electrons. The van der Waals surface area contributed by atoms with Crippen LogP contribution in [0, 0.1) is 5.92 Å². The van der Waals surface area contributed by atoms with Gasteiger partial charge < -0.3 is 20.3 Å². The standard InChI is InChI=1S/C17H18F3N3.C6H11NO2/c1-22(15-7-8-16(21-12-15)17(18,19)20)13-5-4-6-14(11-13)23-9-2-3-10-23;7-6(8)4-9-3-5-1-2-5/h4-8,11-12H,2-3,9-10H2,1H3;5H,1-4H2,(H2,7,8). The van der Waals surface area contributed by atoms with Crippen LogP contribution in [-0.2, 0) is 15.7 Å². The van der Waals surface area contributed by atoms with Crippen LogP contribution >= 0.6 is 0 Å². The molecule has 0 atom stereocenters. The topological polar surface area (TPSA) is 71.7 Å². The van der Waals surface area contributed by atoms with Crippen molar-refractivity contribution in [3.63, 3.8) is 0 Å². The number of anilines is 3. The fourth-order valence-corrected chi connectivity index (χ4v) is 3.39. The number of benzene rings is 1. The first-order valence-corrected chi connectivity index (χ1v) is 10.7. The molecule has 0 unspecified atom stereocenters. The highest BCUT2D eigenvalue weighted by Gasteiger charge is 2.32. The summed E-state index contributed by atoms with van der Waals surface area (Å²) >= 11 is 0. The van der Waals surface area contributed by atoms with Crippen molar-refractivity contribution in [2.45, 2.75) is 31.9 Å². The molecule has 2 heterocycles. The van der Waals surface area contributed by atoms with E-state index in [1.54, 1.807) is 0 Å². The number of hydrogen-bond acceptors (Lipinski definition) is 5. The van der Waals surface area contributed by atoms with E-state index in [1.165, 1.54) is 37.9 Å². The Hall–Kier alpha value is -2.81. The number of carbonyl (C=O) groups is 1. The molecule has 4 rings (SSSR count). The number of pyridine rings is 1. The number of nitrogens with two attached hydrogens (primary N) is 1. The Morgan fingerprint density at radius 1 is 1.19 bits per heavy atom. The zero-order valence-corrected chi connectivity index (χ0v) is 18.1. The van der Waals surface area contributed by atoms with Crippen LogP contribution in [0.25, 0.3) is 0 Å². The minimum atomic E-state index is -4.41. The SMILES string of the molecule is CN(c1ccc(C(F)(F)F)nc1)c1cccc(N2CCCC2)c1.NC(=O)COCC1CC1. The van der Waals surface area contributed by atoms with Crippen LogP contribution in [0.2, 0.25) is 0 Å². The first-order valence-electron chi connectivity index (χ1n) is 10.7. The number of rotatable bonds is 7. The van der Waals surface area contributed by atoms with Gasteiger partial charge in [0.05, 0.1) is 18.5 Å². The highest BCUT2D eigenvalue weighted by Crippen LogP contribution is 2.31. The summed E-state index contributed by atoms with van der Waals surface area (Å²) in [5.74, 6) is 0.333. The van der Waals surface area contributed by atoms with Gasteiger partial charge in [0, 0.05) is 31.5 Å². The van der Waals surface area contributed by atoms with Crippen molar-refractivity contribution >= 4 is 23.0 Å². The van der Waals surface area contributed by atoms with E-state index >= 15 is 0 Å². The number of aromatic nitrogens is 1. The van der Waals surface area contributed by atoms with Crippen molar-refractivity contribution in [3.8, 4) is 0 Å². The number of ether oxygens (including phenoxy) is 1. The summed E-state index contributed by atoms with van der Waals surface area (Å²) in [7, 11) is 1.83. The molecule has 0 bridgehead atoms. The van der Waals surface area contributed by atoms with E-state index in [0.29, 0.717) is 18.2 Å². The Bertz CT molecular complexity index is 880. The van der Waals surface area contributed by atoms with Gasteiger partial charge in [0.1, 0.15) is 12.3 Å². The normalized spacial score (nSPS) is 15.8. The molecule has 9 heteroatoms. The summed E-state index contributed by atoms with van der Waals surface area (Å²) in [6.07, 6.45) is 1.74. The summed E-state index contributed by atoms with van der Waals surface area (Å²) in [5.41, 5.74) is 6.65. The molecule has 1 saturated heterocycles. The van der Waals surface area contributed by atoms with Crippen molar-refractivity contribution in [1.82, 2.24) is 4.98 Å². The van der Waals surface area contributed by atoms with Crippen molar-refractivity contribution in [1.29, 1.82) is 0 Å². The number of hydrogen-bond donors (Lipinski definition) is 1. The van der Waals surface area contributed by atoms with Crippen LogP contribution in [0.1, 0.15) is 31.4 Å². The Labute approximate surface area is 186 Å². The predicted molar refractivity (Wildman–Crippen MR) is 118 cm³/mol. The zero-order chi connectivity index (χ0) is 23.1. The molecule has 2 fully saturated rings. The van der Waals surface area contributed by atoms with Gasteiger partial charge in [0.25, 0.3) is 0 Å². The Kier molecular flexibility index (Phi) is 7.95. The fraction of sp³-hybridized carbons (Fsp3) is 0.478. The number of alkyl halides is 3. The third-order valence-corrected chi connectivity index (χ3v) is 5.41. The van der Waals surface area contributed by atoms with Gasteiger partial charge in [-0.1, -0.05) is 6.07 Å². The highest BCUT2D eigenvalue weighted by molar-refractivity contribution is 5.75. The highest BCUT2D eigenvalue weighted by atomic mass is 19.4. The van der Waals surface area contributed by atoms with Gasteiger partial charge in [0.15, 0.2) is 0 Å². The maximum Gasteiger partial charge on any atom is 0.433 e. The number of nitrogens with zero attached hydrogens (tertiary/aromatic N) is 3. The van der Waals surface area contributed by atoms with E-state index in [-0.39, 0.29) is 12.5 Å². The van der Waals surface area contributed by atoms with Crippen LogP contribution in [-0.4, -0.2) is 44.2 Å². The fourth-order valence-electron chi connectivity index (χ4n) is 3.39. The average Bonchev–Trinajstić information content (AvgIpc) is 3.42. The van der Waals surface area contributed by atoms with Crippen LogP contribution in [0.15, 0.2) is 42.6 Å². The molecular weight excluding hydrogens is 421 g/mol. The van der Waals surface area contributed by atoms with Crippen LogP contribution < -0.4 is 15.5 Å². The van der Waals surface area contributed by atoms with Crippen molar-refractivity contribution in [2.24, 2.45) is 11.7 Å². The monoisotopic (exact) mass is 450 g/mol. The van der Waals surface area contributed by atoms with Crippen LogP contribution in [0.4, 0.5) is 30.2 Å². The third-order valence-electron chi connectivity index (χ3n) is 5.41. The molecule has 2 aromatic rings. The lowest BCUT2D eigenvalue weighted by atomic mass is 10.2. The molecule has 32 heavy (non-hydrogen) atoms. The van der Waals surface area contributed by atoms with Crippen LogP contribution in [0.3, 0.4) is 0 Å². The minimum absolute atomic E-state index is 0.0799. The largest absolute Gasteiger partial charge is 0.433 e. The second-order valence-corrected chi connectivity index (χ2v) is 8.10. The minimum Gasteiger partial charge on any atom is -0.371 e. The molecule has 174 valence electrons. The van der Waals surface area contributed by atoms with Crippen molar-refractivity contribution in [2.75, 3.05) is 43.2 Å². The van der Waals surface area contributed by atoms with E-state index in [9.17, 15) is 18.0 Å². The van der Waals surface area contributed by atoms with Crippen LogP contribution in [0.5, 0.6) is 0 Å². The summed E-state index contributed by atoms with van der Waals surface area (Å²) in [6, 6.07) is 10.5. The molecule has 1 aromatic carbocycles. The lowest BCUT2D eigenvalue weighted by Gasteiger charge is -2.23. The molecule has 1 amide bonds. The summed E-state index contributed by atoms with van der Waals surface area (Å²) in [6.45, 7) is 2.89. The second-order valence-electron chi connectivity index (χ2n) is 8.10. The average molecular weight is 451 g/mol. The van der Waals surface area contributed by atoms with Gasteiger partial charge in [-0.2, -0.15) is 13.2 Å². The van der Waals surface area contributed by atoms with E-state index < -0.39 is 11.9 Å². The molecular formula is C23H29F3N4O2. The Morgan fingerprint density at radius 3 is 2.47 bits per heavy atom. The molecule has 2 aliphatic rings. The van der Waals surface area contributed by atoms with Gasteiger partial charge in [-0.15, -0.1) is 0 Å². The maximum atomic E-state index is 12.6.